The Kier molecular flexibility index (Phi) is 5.82. The lowest BCUT2D eigenvalue weighted by Crippen LogP contribution is -2.23. The number of thioether (sulfide) groups is 1. The van der Waals surface area contributed by atoms with Gasteiger partial charge in [-0.1, -0.05) is 18.2 Å². The van der Waals surface area contributed by atoms with E-state index in [1.54, 1.807) is 40.1 Å². The molecule has 1 aliphatic rings. The summed E-state index contributed by atoms with van der Waals surface area (Å²) in [5.41, 5.74) is 2.95. The van der Waals surface area contributed by atoms with E-state index in [1.807, 2.05) is 48.7 Å². The Morgan fingerprint density at radius 3 is 2.90 bits per heavy atom. The summed E-state index contributed by atoms with van der Waals surface area (Å²) in [6.45, 7) is 2.86. The maximum atomic E-state index is 12.9. The smallest absolute Gasteiger partial charge is 0.414 e. The fraction of sp³-hybridized carbons (Fsp3) is 0.190. The first-order valence-electron chi connectivity index (χ1n) is 9.09. The fourth-order valence-electron chi connectivity index (χ4n) is 2.98. The minimum atomic E-state index is -0.368. The average Bonchev–Trinajstić information content (AvgIpc) is 3.34. The lowest BCUT2D eigenvalue weighted by molar-refractivity contribution is 0.102. The predicted molar refractivity (Wildman–Crippen MR) is 116 cm³/mol. The number of aryl methyl sites for hydroxylation is 1. The molecular formula is C21H19N3O3S2. The molecule has 0 saturated carbocycles. The second-order valence-electron chi connectivity index (χ2n) is 6.41. The van der Waals surface area contributed by atoms with Gasteiger partial charge in [0.25, 0.3) is 5.91 Å². The molecule has 0 bridgehead atoms. The standard InChI is InChI=1S/C21H19N3O3S2/c1-14-22-16(12-28-14)13-29-19-8-3-2-7-18(19)20(25)23-15-5-4-6-17(11-15)24-9-10-27-21(24)26/h2-8,11-12H,9-10,13H2,1H3,(H,23,25). The summed E-state index contributed by atoms with van der Waals surface area (Å²) in [4.78, 5) is 31.6. The van der Waals surface area contributed by atoms with Crippen molar-refractivity contribution in [1.82, 2.24) is 4.98 Å². The zero-order chi connectivity index (χ0) is 20.2. The van der Waals surface area contributed by atoms with Gasteiger partial charge in [-0.25, -0.2) is 9.78 Å². The molecule has 3 aromatic rings. The van der Waals surface area contributed by atoms with Gasteiger partial charge < -0.3 is 10.1 Å². The summed E-state index contributed by atoms with van der Waals surface area (Å²) in [7, 11) is 0. The SMILES string of the molecule is Cc1nc(CSc2ccccc2C(=O)Nc2cccc(N3CCOC3=O)c2)cs1. The Morgan fingerprint density at radius 1 is 1.28 bits per heavy atom. The van der Waals surface area contributed by atoms with E-state index in [0.29, 0.717) is 35.8 Å². The van der Waals surface area contributed by atoms with Crippen LogP contribution in [0.15, 0.2) is 58.8 Å². The zero-order valence-electron chi connectivity index (χ0n) is 15.8. The summed E-state index contributed by atoms with van der Waals surface area (Å²) in [6.07, 6.45) is -0.368. The molecule has 0 unspecified atom stereocenters. The number of aromatic nitrogens is 1. The van der Waals surface area contributed by atoms with Crippen molar-refractivity contribution in [3.8, 4) is 0 Å². The van der Waals surface area contributed by atoms with Crippen LogP contribution in [0.5, 0.6) is 0 Å². The third-order valence-electron chi connectivity index (χ3n) is 4.35. The third kappa shape index (κ3) is 4.60. The maximum Gasteiger partial charge on any atom is 0.414 e. The van der Waals surface area contributed by atoms with Crippen LogP contribution in [0, 0.1) is 6.92 Å². The summed E-state index contributed by atoms with van der Waals surface area (Å²) < 4.78 is 4.98. The van der Waals surface area contributed by atoms with Crippen molar-refractivity contribution >= 4 is 46.5 Å². The van der Waals surface area contributed by atoms with Crippen LogP contribution >= 0.6 is 23.1 Å². The number of carbonyl (C=O) groups is 2. The Labute approximate surface area is 176 Å². The zero-order valence-corrected chi connectivity index (χ0v) is 17.4. The molecule has 1 aliphatic heterocycles. The molecule has 1 saturated heterocycles. The summed E-state index contributed by atoms with van der Waals surface area (Å²) in [5.74, 6) is 0.519. The van der Waals surface area contributed by atoms with Crippen molar-refractivity contribution < 1.29 is 14.3 Å². The van der Waals surface area contributed by atoms with Gasteiger partial charge in [-0.3, -0.25) is 9.69 Å². The van der Waals surface area contributed by atoms with Crippen LogP contribution in [0.4, 0.5) is 16.2 Å². The van der Waals surface area contributed by atoms with Gasteiger partial charge in [0, 0.05) is 27.4 Å². The largest absolute Gasteiger partial charge is 0.447 e. The molecule has 29 heavy (non-hydrogen) atoms. The molecule has 2 heterocycles. The lowest BCUT2D eigenvalue weighted by atomic mass is 10.2. The number of cyclic esters (lactones) is 1. The number of amides is 2. The van der Waals surface area contributed by atoms with Gasteiger partial charge in [-0.2, -0.15) is 0 Å². The number of hydrogen-bond acceptors (Lipinski definition) is 6. The number of thiazole rings is 1. The minimum absolute atomic E-state index is 0.191. The number of anilines is 2. The van der Waals surface area contributed by atoms with E-state index < -0.39 is 0 Å². The highest BCUT2D eigenvalue weighted by molar-refractivity contribution is 7.98. The number of nitrogens with zero attached hydrogens (tertiary/aromatic N) is 2. The van der Waals surface area contributed by atoms with Crippen LogP contribution in [0.1, 0.15) is 21.1 Å². The molecule has 2 amide bonds. The van der Waals surface area contributed by atoms with Crippen LogP contribution in [0.3, 0.4) is 0 Å². The van der Waals surface area contributed by atoms with Crippen molar-refractivity contribution in [2.75, 3.05) is 23.4 Å². The number of rotatable bonds is 6. The van der Waals surface area contributed by atoms with Gasteiger partial charge in [0.2, 0.25) is 0 Å². The molecule has 148 valence electrons. The van der Waals surface area contributed by atoms with Gasteiger partial charge in [-0.05, 0) is 37.3 Å². The molecule has 0 atom stereocenters. The van der Waals surface area contributed by atoms with Gasteiger partial charge in [0.05, 0.1) is 22.8 Å². The van der Waals surface area contributed by atoms with E-state index in [2.05, 4.69) is 10.3 Å². The van der Waals surface area contributed by atoms with Gasteiger partial charge in [0.15, 0.2) is 0 Å². The minimum Gasteiger partial charge on any atom is -0.447 e. The van der Waals surface area contributed by atoms with E-state index in [9.17, 15) is 9.59 Å². The molecule has 0 aliphatic carbocycles. The molecule has 0 spiro atoms. The summed E-state index contributed by atoms with van der Waals surface area (Å²) in [6, 6.07) is 14.7. The number of nitrogens with one attached hydrogen (secondary N) is 1. The summed E-state index contributed by atoms with van der Waals surface area (Å²) >= 11 is 3.21. The maximum absolute atomic E-state index is 12.9. The lowest BCUT2D eigenvalue weighted by Gasteiger charge is -2.15. The molecule has 1 aromatic heterocycles. The second-order valence-corrected chi connectivity index (χ2v) is 8.49. The van der Waals surface area contributed by atoms with Crippen LogP contribution in [0.2, 0.25) is 0 Å². The molecule has 1 N–H and O–H groups in total. The van der Waals surface area contributed by atoms with Crippen molar-refractivity contribution in [3.05, 3.63) is 70.2 Å². The number of benzene rings is 2. The average molecular weight is 426 g/mol. The second kappa shape index (κ2) is 8.67. The first-order chi connectivity index (χ1) is 14.1. The van der Waals surface area contributed by atoms with Crippen LogP contribution in [-0.4, -0.2) is 30.1 Å². The van der Waals surface area contributed by atoms with Gasteiger partial charge >= 0.3 is 6.09 Å². The summed E-state index contributed by atoms with van der Waals surface area (Å²) in [5, 5.41) is 6.01. The van der Waals surface area contributed by atoms with Crippen LogP contribution in [-0.2, 0) is 10.5 Å². The number of ether oxygens (including phenoxy) is 1. The molecule has 4 rings (SSSR count). The van der Waals surface area contributed by atoms with E-state index in [-0.39, 0.29) is 12.0 Å². The number of hydrogen-bond donors (Lipinski definition) is 1. The highest BCUT2D eigenvalue weighted by atomic mass is 32.2. The van der Waals surface area contributed by atoms with Crippen molar-refractivity contribution in [2.45, 2.75) is 17.6 Å². The number of carbonyl (C=O) groups excluding carboxylic acids is 2. The van der Waals surface area contributed by atoms with Crippen molar-refractivity contribution in [3.63, 3.8) is 0 Å². The van der Waals surface area contributed by atoms with Crippen molar-refractivity contribution in [2.24, 2.45) is 0 Å². The molecule has 0 radical (unpaired) electrons. The molecule has 8 heteroatoms. The van der Waals surface area contributed by atoms with Crippen LogP contribution < -0.4 is 10.2 Å². The molecular weight excluding hydrogens is 406 g/mol. The quantitative estimate of drug-likeness (QED) is 0.566. The fourth-order valence-corrected chi connectivity index (χ4v) is 4.64. The Morgan fingerprint density at radius 2 is 2.14 bits per heavy atom. The molecule has 2 aromatic carbocycles. The van der Waals surface area contributed by atoms with Gasteiger partial charge in [-0.15, -0.1) is 23.1 Å². The predicted octanol–water partition coefficient (Wildman–Crippen LogP) is 4.95. The van der Waals surface area contributed by atoms with Crippen LogP contribution in [0.25, 0.3) is 0 Å². The van der Waals surface area contributed by atoms with Gasteiger partial charge in [0.1, 0.15) is 6.61 Å². The Balaban J connectivity index is 1.48. The molecule has 1 fully saturated rings. The van der Waals surface area contributed by atoms with E-state index >= 15 is 0 Å². The first-order valence-corrected chi connectivity index (χ1v) is 11.0. The topological polar surface area (TPSA) is 71.5 Å². The first kappa shape index (κ1) is 19.5. The van der Waals surface area contributed by atoms with Crippen molar-refractivity contribution in [1.29, 1.82) is 0 Å². The Hall–Kier alpha value is -2.84. The third-order valence-corrected chi connectivity index (χ3v) is 6.28. The monoisotopic (exact) mass is 425 g/mol. The highest BCUT2D eigenvalue weighted by Gasteiger charge is 2.23. The highest BCUT2D eigenvalue weighted by Crippen LogP contribution is 2.28. The van der Waals surface area contributed by atoms with E-state index in [4.69, 9.17) is 4.74 Å². The van der Waals surface area contributed by atoms with E-state index in [1.165, 1.54) is 0 Å². The molecule has 6 nitrogen and oxygen atoms in total. The van der Waals surface area contributed by atoms with E-state index in [0.717, 1.165) is 15.6 Å². The Bertz CT molecular complexity index is 1050. The normalized spacial score (nSPS) is 13.4.